The normalized spacial score (nSPS) is 11.0. The minimum Gasteiger partial charge on any atom is -0.496 e. The van der Waals surface area contributed by atoms with Crippen LogP contribution in [0.4, 0.5) is 0 Å². The van der Waals surface area contributed by atoms with E-state index in [2.05, 4.69) is 15.1 Å². The summed E-state index contributed by atoms with van der Waals surface area (Å²) in [6, 6.07) is 6.56. The Balaban J connectivity index is 2.29. The Hall–Kier alpha value is -3.03. The predicted octanol–water partition coefficient (Wildman–Crippen LogP) is 1.38. The van der Waals surface area contributed by atoms with Crippen LogP contribution in [0.3, 0.4) is 0 Å². The Morgan fingerprint density at radius 2 is 1.76 bits per heavy atom. The van der Waals surface area contributed by atoms with Crippen molar-refractivity contribution in [3.63, 3.8) is 0 Å². The van der Waals surface area contributed by atoms with Gasteiger partial charge in [0, 0.05) is 24.4 Å². The summed E-state index contributed by atoms with van der Waals surface area (Å²) in [6.45, 7) is 0. The first kappa shape index (κ1) is 14.4. The molecule has 21 heavy (non-hydrogen) atoms. The quantitative estimate of drug-likeness (QED) is 0.370. The molecule has 110 valence electrons. The summed E-state index contributed by atoms with van der Waals surface area (Å²) in [5.41, 5.74) is 5.71. The highest BCUT2D eigenvalue weighted by molar-refractivity contribution is 5.95. The van der Waals surface area contributed by atoms with E-state index in [0.717, 1.165) is 0 Å². The summed E-state index contributed by atoms with van der Waals surface area (Å²) >= 11 is 0. The van der Waals surface area contributed by atoms with E-state index >= 15 is 0 Å². The number of benzene rings is 1. The first-order valence-corrected chi connectivity index (χ1v) is 5.88. The zero-order chi connectivity index (χ0) is 15.2. The number of ether oxygens (including phenoxy) is 3. The second-order valence-corrected chi connectivity index (χ2v) is 3.86. The van der Waals surface area contributed by atoms with Crippen molar-refractivity contribution >= 4 is 5.84 Å². The Morgan fingerprint density at radius 1 is 1.14 bits per heavy atom. The highest BCUT2D eigenvalue weighted by Gasteiger charge is 2.08. The number of hydrogen-bond donors (Lipinski definition) is 2. The van der Waals surface area contributed by atoms with Gasteiger partial charge in [-0.25, -0.2) is 4.98 Å². The number of nitrogens with two attached hydrogens (primary N) is 1. The van der Waals surface area contributed by atoms with Gasteiger partial charge in [0.15, 0.2) is 5.84 Å². The second kappa shape index (κ2) is 6.42. The Kier molecular flexibility index (Phi) is 4.39. The minimum atomic E-state index is -0.134. The fourth-order valence-electron chi connectivity index (χ4n) is 1.53. The van der Waals surface area contributed by atoms with Crippen molar-refractivity contribution in [1.82, 2.24) is 9.97 Å². The van der Waals surface area contributed by atoms with Crippen LogP contribution in [0.25, 0.3) is 0 Å². The van der Waals surface area contributed by atoms with E-state index in [-0.39, 0.29) is 17.5 Å². The van der Waals surface area contributed by atoms with Gasteiger partial charge >= 0.3 is 6.01 Å². The Bertz CT molecular complexity index is 638. The molecule has 1 aromatic carbocycles. The van der Waals surface area contributed by atoms with Crippen LogP contribution in [0.2, 0.25) is 0 Å². The van der Waals surface area contributed by atoms with E-state index in [1.807, 2.05) is 0 Å². The van der Waals surface area contributed by atoms with E-state index in [1.54, 1.807) is 18.2 Å². The fourth-order valence-corrected chi connectivity index (χ4v) is 1.53. The molecule has 1 aromatic heterocycles. The highest BCUT2D eigenvalue weighted by Crippen LogP contribution is 2.29. The van der Waals surface area contributed by atoms with Gasteiger partial charge in [-0.15, -0.1) is 0 Å². The van der Waals surface area contributed by atoms with Crippen LogP contribution in [0.15, 0.2) is 35.6 Å². The molecule has 1 heterocycles. The van der Waals surface area contributed by atoms with E-state index in [0.29, 0.717) is 17.2 Å². The van der Waals surface area contributed by atoms with Crippen LogP contribution in [-0.4, -0.2) is 35.2 Å². The minimum absolute atomic E-state index is 0.0504. The average molecular weight is 290 g/mol. The van der Waals surface area contributed by atoms with E-state index in [4.69, 9.17) is 25.2 Å². The predicted molar refractivity (Wildman–Crippen MR) is 74.2 cm³/mol. The van der Waals surface area contributed by atoms with Crippen molar-refractivity contribution in [2.75, 3.05) is 14.2 Å². The molecule has 8 heteroatoms. The first-order valence-electron chi connectivity index (χ1n) is 5.88. The Morgan fingerprint density at radius 3 is 2.33 bits per heavy atom. The standard InChI is InChI=1S/C13H14N4O4/c1-19-8-5-9(20-2)7-10(6-8)21-13-15-4-3-11(16-13)12(14)17-18/h3-7,18H,1-2H3,(H2,14,17). The molecule has 0 aliphatic carbocycles. The van der Waals surface area contributed by atoms with E-state index < -0.39 is 0 Å². The molecule has 0 fully saturated rings. The van der Waals surface area contributed by atoms with Gasteiger partial charge in [0.25, 0.3) is 0 Å². The number of methoxy groups -OCH3 is 2. The monoisotopic (exact) mass is 290 g/mol. The fraction of sp³-hybridized carbons (Fsp3) is 0.154. The maximum Gasteiger partial charge on any atom is 0.322 e. The van der Waals surface area contributed by atoms with Gasteiger partial charge in [-0.3, -0.25) is 0 Å². The van der Waals surface area contributed by atoms with Gasteiger partial charge in [0.2, 0.25) is 0 Å². The second-order valence-electron chi connectivity index (χ2n) is 3.86. The third-order valence-electron chi connectivity index (χ3n) is 2.54. The van der Waals surface area contributed by atoms with E-state index in [1.165, 1.54) is 26.5 Å². The molecular formula is C13H14N4O4. The maximum absolute atomic E-state index is 8.63. The summed E-state index contributed by atoms with van der Waals surface area (Å²) < 4.78 is 15.8. The molecule has 0 unspecified atom stereocenters. The van der Waals surface area contributed by atoms with Gasteiger partial charge in [-0.05, 0) is 6.07 Å². The molecule has 0 radical (unpaired) electrons. The number of aromatic nitrogens is 2. The zero-order valence-electron chi connectivity index (χ0n) is 11.5. The summed E-state index contributed by atoms with van der Waals surface area (Å²) in [4.78, 5) is 7.97. The molecule has 0 amide bonds. The molecule has 0 saturated carbocycles. The molecule has 0 aliphatic heterocycles. The summed E-state index contributed by atoms with van der Waals surface area (Å²) in [5.74, 6) is 1.43. The third-order valence-corrected chi connectivity index (χ3v) is 2.54. The number of amidine groups is 1. The number of rotatable bonds is 5. The lowest BCUT2D eigenvalue weighted by molar-refractivity contribution is 0.318. The zero-order valence-corrected chi connectivity index (χ0v) is 11.5. The van der Waals surface area contributed by atoms with Crippen LogP contribution in [0.5, 0.6) is 23.3 Å². The van der Waals surface area contributed by atoms with Gasteiger partial charge in [0.05, 0.1) is 14.2 Å². The van der Waals surface area contributed by atoms with Crippen LogP contribution in [-0.2, 0) is 0 Å². The largest absolute Gasteiger partial charge is 0.496 e. The molecule has 0 spiro atoms. The summed E-state index contributed by atoms with van der Waals surface area (Å²) in [6.07, 6.45) is 1.44. The molecule has 2 aromatic rings. The third kappa shape index (κ3) is 3.50. The summed E-state index contributed by atoms with van der Waals surface area (Å²) in [7, 11) is 3.07. The molecule has 0 aliphatic rings. The topological polar surface area (TPSA) is 112 Å². The van der Waals surface area contributed by atoms with Crippen molar-refractivity contribution in [2.24, 2.45) is 10.9 Å². The van der Waals surface area contributed by atoms with Crippen LogP contribution >= 0.6 is 0 Å². The lowest BCUT2D eigenvalue weighted by atomic mass is 10.3. The van der Waals surface area contributed by atoms with Crippen molar-refractivity contribution in [1.29, 1.82) is 0 Å². The SMILES string of the molecule is COc1cc(OC)cc(Oc2nccc(/C(N)=N/O)n2)c1. The summed E-state index contributed by atoms with van der Waals surface area (Å²) in [5, 5.41) is 11.5. The molecule has 3 N–H and O–H groups in total. The molecule has 0 saturated heterocycles. The Labute approximate surface area is 120 Å². The van der Waals surface area contributed by atoms with Gasteiger partial charge in [0.1, 0.15) is 22.9 Å². The van der Waals surface area contributed by atoms with Crippen molar-refractivity contribution < 1.29 is 19.4 Å². The lowest BCUT2D eigenvalue weighted by Gasteiger charge is -2.09. The molecule has 2 rings (SSSR count). The van der Waals surface area contributed by atoms with Gasteiger partial charge in [-0.1, -0.05) is 5.16 Å². The first-order chi connectivity index (χ1) is 10.2. The van der Waals surface area contributed by atoms with Crippen LogP contribution in [0, 0.1) is 0 Å². The number of oxime groups is 1. The van der Waals surface area contributed by atoms with Gasteiger partial charge < -0.3 is 25.2 Å². The van der Waals surface area contributed by atoms with Crippen LogP contribution < -0.4 is 19.9 Å². The van der Waals surface area contributed by atoms with Gasteiger partial charge in [-0.2, -0.15) is 4.98 Å². The smallest absolute Gasteiger partial charge is 0.322 e. The van der Waals surface area contributed by atoms with Crippen molar-refractivity contribution in [2.45, 2.75) is 0 Å². The van der Waals surface area contributed by atoms with Crippen molar-refractivity contribution in [3.8, 4) is 23.3 Å². The number of nitrogens with zero attached hydrogens (tertiary/aromatic N) is 3. The highest BCUT2D eigenvalue weighted by atomic mass is 16.5. The van der Waals surface area contributed by atoms with E-state index in [9.17, 15) is 0 Å². The van der Waals surface area contributed by atoms with Crippen molar-refractivity contribution in [3.05, 3.63) is 36.2 Å². The molecule has 0 atom stereocenters. The molecular weight excluding hydrogens is 276 g/mol. The molecule has 8 nitrogen and oxygen atoms in total. The maximum atomic E-state index is 8.63. The lowest BCUT2D eigenvalue weighted by Crippen LogP contribution is -2.15. The molecule has 0 bridgehead atoms. The average Bonchev–Trinajstić information content (AvgIpc) is 2.53. The number of hydrogen-bond acceptors (Lipinski definition) is 7. The van der Waals surface area contributed by atoms with Crippen LogP contribution in [0.1, 0.15) is 5.69 Å².